The number of ether oxygens (including phenoxy) is 1. The fourth-order valence-corrected chi connectivity index (χ4v) is 4.37. The van der Waals surface area contributed by atoms with Gasteiger partial charge >= 0.3 is 0 Å². The fraction of sp³-hybridized carbons (Fsp3) is 0.235. The summed E-state index contributed by atoms with van der Waals surface area (Å²) in [5.41, 5.74) is 1.22. The lowest BCUT2D eigenvalue weighted by molar-refractivity contribution is 0.215. The third kappa shape index (κ3) is 3.53. The van der Waals surface area contributed by atoms with Gasteiger partial charge in [-0.05, 0) is 24.6 Å². The number of aromatic amines is 1. The van der Waals surface area contributed by atoms with Gasteiger partial charge in [0.05, 0.1) is 18.4 Å². The van der Waals surface area contributed by atoms with Crippen molar-refractivity contribution in [1.82, 2.24) is 24.5 Å². The van der Waals surface area contributed by atoms with Gasteiger partial charge in [0.1, 0.15) is 28.9 Å². The van der Waals surface area contributed by atoms with Crippen molar-refractivity contribution in [1.29, 1.82) is 0 Å². The van der Waals surface area contributed by atoms with Gasteiger partial charge in [0.25, 0.3) is 0 Å². The molecule has 140 valence electrons. The molecule has 3 heterocycles. The number of sulfonamides is 1. The van der Waals surface area contributed by atoms with Gasteiger partial charge in [-0.15, -0.1) is 0 Å². The van der Waals surface area contributed by atoms with Crippen LogP contribution in [0.2, 0.25) is 0 Å². The van der Waals surface area contributed by atoms with Gasteiger partial charge in [0.2, 0.25) is 10.0 Å². The summed E-state index contributed by atoms with van der Waals surface area (Å²) in [5, 5.41) is 6.19. The summed E-state index contributed by atoms with van der Waals surface area (Å²) < 4.78 is 46.2. The molecule has 27 heavy (non-hydrogen) atoms. The molecule has 3 aromatic rings. The normalized spacial score (nSPS) is 17.9. The zero-order valence-electron chi connectivity index (χ0n) is 14.1. The maximum atomic E-state index is 13.8. The van der Waals surface area contributed by atoms with Crippen LogP contribution in [0.4, 0.5) is 4.39 Å². The smallest absolute Gasteiger partial charge is 0.246 e. The van der Waals surface area contributed by atoms with E-state index in [4.69, 9.17) is 4.74 Å². The minimum Gasteiger partial charge on any atom is -0.488 e. The monoisotopic (exact) mass is 389 g/mol. The molecule has 4 rings (SSSR count). The highest BCUT2D eigenvalue weighted by Gasteiger charge is 2.34. The molecule has 0 aliphatic carbocycles. The molecule has 1 atom stereocenters. The number of nitrogens with zero attached hydrogens (tertiary/aromatic N) is 4. The second-order valence-electron chi connectivity index (χ2n) is 6.06. The Hall–Kier alpha value is -2.85. The summed E-state index contributed by atoms with van der Waals surface area (Å²) >= 11 is 0. The molecule has 0 spiro atoms. The number of nitrogens with one attached hydrogen (secondary N) is 1. The largest absolute Gasteiger partial charge is 0.488 e. The van der Waals surface area contributed by atoms with Crippen LogP contribution in [-0.4, -0.2) is 52.1 Å². The molecule has 0 saturated carbocycles. The first-order valence-corrected chi connectivity index (χ1v) is 9.69. The van der Waals surface area contributed by atoms with Gasteiger partial charge < -0.3 is 4.74 Å². The molecule has 0 radical (unpaired) electrons. The van der Waals surface area contributed by atoms with Gasteiger partial charge in [0, 0.05) is 30.6 Å². The Morgan fingerprint density at radius 2 is 2.19 bits per heavy atom. The number of aromatic nitrogens is 4. The van der Waals surface area contributed by atoms with E-state index in [1.54, 1.807) is 18.3 Å². The van der Waals surface area contributed by atoms with Crippen molar-refractivity contribution >= 4 is 10.0 Å². The average Bonchev–Trinajstić information content (AvgIpc) is 3.35. The van der Waals surface area contributed by atoms with Crippen LogP contribution in [0.15, 0.2) is 54.1 Å². The van der Waals surface area contributed by atoms with Crippen molar-refractivity contribution in [2.75, 3.05) is 13.1 Å². The van der Waals surface area contributed by atoms with Crippen LogP contribution in [-0.2, 0) is 10.0 Å². The van der Waals surface area contributed by atoms with Gasteiger partial charge in [-0.3, -0.25) is 5.10 Å². The molecule has 0 bridgehead atoms. The lowest BCUT2D eigenvalue weighted by atomic mass is 10.1. The molecule has 1 saturated heterocycles. The van der Waals surface area contributed by atoms with Crippen molar-refractivity contribution in [2.24, 2.45) is 0 Å². The summed E-state index contributed by atoms with van der Waals surface area (Å²) in [4.78, 5) is 8.15. The molecule has 1 fully saturated rings. The second kappa shape index (κ2) is 7.05. The quantitative estimate of drug-likeness (QED) is 0.715. The molecular formula is C17H16FN5O3S. The van der Waals surface area contributed by atoms with Crippen molar-refractivity contribution in [3.63, 3.8) is 0 Å². The Kier molecular flexibility index (Phi) is 4.58. The SMILES string of the molecule is O=S(=O)(c1cn[nH]c1)N1CCC(Oc2cc(F)ccc2-c2ccncn2)C1. The van der Waals surface area contributed by atoms with Crippen LogP contribution < -0.4 is 4.74 Å². The molecule has 0 amide bonds. The van der Waals surface area contributed by atoms with E-state index in [0.29, 0.717) is 30.0 Å². The van der Waals surface area contributed by atoms with E-state index in [1.165, 1.54) is 35.2 Å². The number of H-pyrrole nitrogens is 1. The first-order valence-electron chi connectivity index (χ1n) is 8.25. The summed E-state index contributed by atoms with van der Waals surface area (Å²) in [6, 6.07) is 5.89. The standard InChI is InChI=1S/C17H16FN5O3S/c18-12-1-2-15(16-3-5-19-11-20-16)17(7-12)26-13-4-6-23(10-13)27(24,25)14-8-21-22-9-14/h1-3,5,7-9,11,13H,4,6,10H2,(H,21,22). The first-order chi connectivity index (χ1) is 13.0. The predicted molar refractivity (Wildman–Crippen MR) is 93.8 cm³/mol. The lowest BCUT2D eigenvalue weighted by Gasteiger charge is -2.18. The van der Waals surface area contributed by atoms with Crippen molar-refractivity contribution in [2.45, 2.75) is 17.4 Å². The number of hydrogen-bond acceptors (Lipinski definition) is 6. The van der Waals surface area contributed by atoms with Crippen molar-refractivity contribution in [3.8, 4) is 17.0 Å². The molecule has 1 N–H and O–H groups in total. The minimum absolute atomic E-state index is 0.107. The van der Waals surface area contributed by atoms with E-state index in [1.807, 2.05) is 0 Å². The number of benzene rings is 1. The molecule has 1 aliphatic rings. The summed E-state index contributed by atoms with van der Waals surface area (Å²) in [6.45, 7) is 0.490. The zero-order valence-corrected chi connectivity index (χ0v) is 14.9. The molecule has 1 aliphatic heterocycles. The average molecular weight is 389 g/mol. The number of hydrogen-bond donors (Lipinski definition) is 1. The minimum atomic E-state index is -3.63. The molecule has 8 nitrogen and oxygen atoms in total. The van der Waals surface area contributed by atoms with E-state index >= 15 is 0 Å². The Labute approximate surface area is 155 Å². The van der Waals surface area contributed by atoms with Crippen molar-refractivity contribution in [3.05, 3.63) is 55.0 Å². The molecular weight excluding hydrogens is 373 g/mol. The second-order valence-corrected chi connectivity index (χ2v) is 8.00. The summed E-state index contributed by atoms with van der Waals surface area (Å²) in [7, 11) is -3.63. The Balaban J connectivity index is 1.55. The maximum absolute atomic E-state index is 13.8. The third-order valence-electron chi connectivity index (χ3n) is 4.31. The van der Waals surface area contributed by atoms with E-state index in [-0.39, 0.29) is 11.4 Å². The van der Waals surface area contributed by atoms with Crippen LogP contribution in [0.1, 0.15) is 6.42 Å². The highest BCUT2D eigenvalue weighted by atomic mass is 32.2. The molecule has 1 unspecified atom stereocenters. The number of rotatable bonds is 5. The van der Waals surface area contributed by atoms with E-state index < -0.39 is 21.9 Å². The Bertz CT molecular complexity index is 1030. The Morgan fingerprint density at radius 3 is 2.93 bits per heavy atom. The summed E-state index contributed by atoms with van der Waals surface area (Å²) in [5.74, 6) is -0.120. The fourth-order valence-electron chi connectivity index (χ4n) is 2.98. The van der Waals surface area contributed by atoms with Crippen LogP contribution in [0.25, 0.3) is 11.3 Å². The van der Waals surface area contributed by atoms with Gasteiger partial charge in [-0.1, -0.05) is 0 Å². The highest BCUT2D eigenvalue weighted by molar-refractivity contribution is 7.89. The van der Waals surface area contributed by atoms with Gasteiger partial charge in [-0.25, -0.2) is 22.8 Å². The van der Waals surface area contributed by atoms with E-state index in [9.17, 15) is 12.8 Å². The van der Waals surface area contributed by atoms with Crippen LogP contribution in [0.3, 0.4) is 0 Å². The molecule has 1 aromatic carbocycles. The first kappa shape index (κ1) is 17.6. The Morgan fingerprint density at radius 1 is 1.30 bits per heavy atom. The topological polar surface area (TPSA) is 101 Å². The maximum Gasteiger partial charge on any atom is 0.246 e. The van der Waals surface area contributed by atoms with Crippen LogP contribution in [0.5, 0.6) is 5.75 Å². The summed E-state index contributed by atoms with van der Waals surface area (Å²) in [6.07, 6.45) is 5.69. The van der Waals surface area contributed by atoms with E-state index in [2.05, 4.69) is 20.2 Å². The number of halogens is 1. The van der Waals surface area contributed by atoms with Crippen LogP contribution in [0, 0.1) is 5.82 Å². The molecule has 2 aromatic heterocycles. The zero-order chi connectivity index (χ0) is 18.9. The van der Waals surface area contributed by atoms with Gasteiger partial charge in [0.15, 0.2) is 0 Å². The van der Waals surface area contributed by atoms with Crippen LogP contribution >= 0.6 is 0 Å². The van der Waals surface area contributed by atoms with E-state index in [0.717, 1.165) is 0 Å². The molecule has 10 heteroatoms. The highest BCUT2D eigenvalue weighted by Crippen LogP contribution is 2.32. The van der Waals surface area contributed by atoms with Gasteiger partial charge in [-0.2, -0.15) is 9.40 Å². The lowest BCUT2D eigenvalue weighted by Crippen LogP contribution is -2.30. The predicted octanol–water partition coefficient (Wildman–Crippen LogP) is 1.85. The van der Waals surface area contributed by atoms with Crippen molar-refractivity contribution < 1.29 is 17.5 Å². The third-order valence-corrected chi connectivity index (χ3v) is 6.14.